The number of para-hydroxylation sites is 3. The highest BCUT2D eigenvalue weighted by Crippen LogP contribution is 2.69. The lowest BCUT2D eigenvalue weighted by Gasteiger charge is -2.61. The summed E-state index contributed by atoms with van der Waals surface area (Å²) in [6.07, 6.45) is 7.04. The van der Waals surface area contributed by atoms with Crippen LogP contribution >= 0.6 is 0 Å². The first-order chi connectivity index (χ1) is 33.2. The van der Waals surface area contributed by atoms with Gasteiger partial charge in [-0.15, -0.1) is 0 Å². The van der Waals surface area contributed by atoms with Crippen LogP contribution in [0.5, 0.6) is 0 Å². The molecule has 4 fully saturated rings. The summed E-state index contributed by atoms with van der Waals surface area (Å²) >= 11 is 0. The Balaban J connectivity index is 0.838. The molecular weight excluding hydrogens is 813 g/mol. The Kier molecular flexibility index (Phi) is 7.24. The fourth-order valence-corrected chi connectivity index (χ4v) is 14.8. The molecule has 17 rings (SSSR count). The Morgan fingerprint density at radius 3 is 1.55 bits per heavy atom. The molecule has 0 N–H and O–H groups in total. The molecule has 5 aliphatic carbocycles. The summed E-state index contributed by atoms with van der Waals surface area (Å²) in [4.78, 5) is 0. The van der Waals surface area contributed by atoms with Gasteiger partial charge in [-0.1, -0.05) is 121 Å². The first-order valence-corrected chi connectivity index (χ1v) is 24.5. The van der Waals surface area contributed by atoms with Crippen molar-refractivity contribution in [2.45, 2.75) is 37.5 Å². The van der Waals surface area contributed by atoms with Gasteiger partial charge in [0.1, 0.15) is 11.2 Å². The number of rotatable bonds is 4. The van der Waals surface area contributed by atoms with Gasteiger partial charge < -0.3 is 13.6 Å². The second-order valence-electron chi connectivity index (χ2n) is 20.5. The minimum atomic E-state index is 0.147. The Bertz CT molecular complexity index is 4040. The maximum absolute atomic E-state index is 6.63. The highest BCUT2D eigenvalue weighted by Gasteiger charge is 2.61. The second kappa shape index (κ2) is 13.3. The van der Waals surface area contributed by atoms with Gasteiger partial charge in [-0.3, -0.25) is 0 Å². The van der Waals surface area contributed by atoms with Gasteiger partial charge in [0.2, 0.25) is 0 Å². The molecule has 4 saturated carbocycles. The van der Waals surface area contributed by atoms with Gasteiger partial charge in [0.15, 0.2) is 0 Å². The van der Waals surface area contributed by atoms with Crippen LogP contribution in [0.15, 0.2) is 199 Å². The van der Waals surface area contributed by atoms with E-state index < -0.39 is 0 Å². The summed E-state index contributed by atoms with van der Waals surface area (Å²) in [6.45, 7) is 0. The van der Waals surface area contributed by atoms with Gasteiger partial charge in [-0.2, -0.15) is 0 Å². The molecule has 0 atom stereocenters. The highest BCUT2D eigenvalue weighted by molar-refractivity contribution is 6.13. The number of hydrogen-bond acceptors (Lipinski definition) is 1. The van der Waals surface area contributed by atoms with E-state index in [4.69, 9.17) is 4.42 Å². The number of benzene rings is 9. The summed E-state index contributed by atoms with van der Waals surface area (Å²) in [5.41, 5.74) is 20.2. The fraction of sp³-hybridized carbons (Fsp3) is 0.156. The molecule has 3 heteroatoms. The third kappa shape index (κ3) is 4.91. The van der Waals surface area contributed by atoms with E-state index in [1.165, 1.54) is 115 Å². The van der Waals surface area contributed by atoms with Crippen LogP contribution in [0.4, 0.5) is 0 Å². The molecule has 0 saturated heterocycles. The molecule has 5 aliphatic rings. The Labute approximate surface area is 388 Å². The van der Waals surface area contributed by atoms with Crippen LogP contribution in [0.25, 0.3) is 110 Å². The van der Waals surface area contributed by atoms with Crippen molar-refractivity contribution in [1.29, 1.82) is 0 Å². The SMILES string of the molecule is c1ccc(-n2c3ccccc3c3ccc(-c4ccc5c6ccccc6n(-c6ccc7oc8ccc(-c9ccc%10c(c9)C9(c%11ccccc%11-%10)C%10CC%11CC(C%10)CC9C%11)cc8c7c6)c5c4)cc32)cc1. The number of furan rings is 1. The lowest BCUT2D eigenvalue weighted by molar-refractivity contribution is -0.0399. The summed E-state index contributed by atoms with van der Waals surface area (Å²) < 4.78 is 11.5. The average Bonchev–Trinajstić information content (AvgIpc) is 4.10. The first kappa shape index (κ1) is 36.6. The second-order valence-corrected chi connectivity index (χ2v) is 20.5. The van der Waals surface area contributed by atoms with Gasteiger partial charge in [0, 0.05) is 49.1 Å². The van der Waals surface area contributed by atoms with E-state index in [9.17, 15) is 0 Å². The molecule has 12 aromatic rings. The van der Waals surface area contributed by atoms with Gasteiger partial charge in [0.25, 0.3) is 0 Å². The zero-order chi connectivity index (χ0) is 43.5. The van der Waals surface area contributed by atoms with Crippen LogP contribution in [-0.2, 0) is 5.41 Å². The zero-order valence-corrected chi connectivity index (χ0v) is 37.1. The summed E-state index contributed by atoms with van der Waals surface area (Å²) in [5, 5.41) is 7.32. The lowest BCUT2D eigenvalue weighted by Crippen LogP contribution is -2.55. The number of aromatic nitrogens is 2. The van der Waals surface area contributed by atoms with Crippen LogP contribution in [-0.4, -0.2) is 9.13 Å². The minimum Gasteiger partial charge on any atom is -0.456 e. The molecule has 9 aromatic carbocycles. The van der Waals surface area contributed by atoms with Gasteiger partial charge in [-0.25, -0.2) is 0 Å². The van der Waals surface area contributed by atoms with Crippen molar-refractivity contribution in [3.8, 4) is 44.8 Å². The fourth-order valence-electron chi connectivity index (χ4n) is 14.8. The maximum atomic E-state index is 6.63. The van der Waals surface area contributed by atoms with E-state index in [-0.39, 0.29) is 5.41 Å². The summed E-state index contributed by atoms with van der Waals surface area (Å²) in [7, 11) is 0. The predicted molar refractivity (Wildman–Crippen MR) is 277 cm³/mol. The van der Waals surface area contributed by atoms with E-state index >= 15 is 0 Å². The molecule has 1 spiro atoms. The Hall–Kier alpha value is -7.62. The molecule has 0 aliphatic heterocycles. The van der Waals surface area contributed by atoms with E-state index in [0.717, 1.165) is 51.3 Å². The third-order valence-electron chi connectivity index (χ3n) is 17.3. The molecule has 318 valence electrons. The normalized spacial score (nSPS) is 21.5. The smallest absolute Gasteiger partial charge is 0.135 e. The first-order valence-electron chi connectivity index (χ1n) is 24.5. The van der Waals surface area contributed by atoms with E-state index in [2.05, 4.69) is 203 Å². The van der Waals surface area contributed by atoms with Gasteiger partial charge in [-0.05, 0) is 173 Å². The molecule has 3 heterocycles. The van der Waals surface area contributed by atoms with Crippen molar-refractivity contribution in [3.05, 3.63) is 205 Å². The van der Waals surface area contributed by atoms with Crippen molar-refractivity contribution in [3.63, 3.8) is 0 Å². The monoisotopic (exact) mass is 858 g/mol. The Morgan fingerprint density at radius 1 is 0.343 bits per heavy atom. The Morgan fingerprint density at radius 2 is 0.851 bits per heavy atom. The van der Waals surface area contributed by atoms with Crippen LogP contribution < -0.4 is 0 Å². The predicted octanol–water partition coefficient (Wildman–Crippen LogP) is 16.8. The highest BCUT2D eigenvalue weighted by atomic mass is 16.3. The van der Waals surface area contributed by atoms with Crippen molar-refractivity contribution in [1.82, 2.24) is 9.13 Å². The van der Waals surface area contributed by atoms with Gasteiger partial charge in [0.05, 0.1) is 22.1 Å². The molecule has 3 nitrogen and oxygen atoms in total. The minimum absolute atomic E-state index is 0.147. The third-order valence-corrected chi connectivity index (χ3v) is 17.3. The van der Waals surface area contributed by atoms with Crippen LogP contribution in [0.2, 0.25) is 0 Å². The molecule has 0 unspecified atom stereocenters. The van der Waals surface area contributed by atoms with Crippen molar-refractivity contribution in [2.75, 3.05) is 0 Å². The molecule has 67 heavy (non-hydrogen) atoms. The van der Waals surface area contributed by atoms with Crippen molar-refractivity contribution >= 4 is 65.6 Å². The molecule has 0 radical (unpaired) electrons. The topological polar surface area (TPSA) is 23.0 Å². The van der Waals surface area contributed by atoms with E-state index in [1.807, 2.05) is 0 Å². The standard InChI is InChI=1S/C64H46N2O/c1-2-10-46(11-3-1)65-58-16-8-5-13-50(58)52-24-19-42(35-60(52)65)43-20-25-53-51-14-6-9-17-59(51)66(61(53)36-43)47-22-27-63-55(37-47)54-33-40(21-26-62(54)67-63)41-18-23-49-48-12-4-7-15-56(48)64(57(49)34-41)44-29-38-28-39(31-44)32-45(64)30-38/h1-27,33-39,44-45H,28-32H2. The zero-order valence-electron chi connectivity index (χ0n) is 37.1. The molecule has 4 bridgehead atoms. The van der Waals surface area contributed by atoms with E-state index in [0.29, 0.717) is 0 Å². The van der Waals surface area contributed by atoms with Crippen LogP contribution in [0, 0.1) is 23.7 Å². The quantitative estimate of drug-likeness (QED) is 0.173. The summed E-state index contributed by atoms with van der Waals surface area (Å²) in [6, 6.07) is 72.9. The molecule has 0 amide bonds. The van der Waals surface area contributed by atoms with Crippen LogP contribution in [0.3, 0.4) is 0 Å². The van der Waals surface area contributed by atoms with Crippen molar-refractivity contribution < 1.29 is 4.42 Å². The maximum Gasteiger partial charge on any atom is 0.135 e. The van der Waals surface area contributed by atoms with Gasteiger partial charge >= 0.3 is 0 Å². The molecule has 3 aromatic heterocycles. The molecular formula is C64H46N2O. The summed E-state index contributed by atoms with van der Waals surface area (Å²) in [5.74, 6) is 3.34. The number of fused-ring (bicyclic) bond motifs is 12. The van der Waals surface area contributed by atoms with Crippen LogP contribution in [0.1, 0.15) is 43.2 Å². The van der Waals surface area contributed by atoms with Crippen molar-refractivity contribution in [2.24, 2.45) is 23.7 Å². The average molecular weight is 859 g/mol. The lowest BCUT2D eigenvalue weighted by atomic mass is 9.43. The van der Waals surface area contributed by atoms with E-state index in [1.54, 1.807) is 11.1 Å². The number of hydrogen-bond donors (Lipinski definition) is 0. The number of nitrogens with zero attached hydrogens (tertiary/aromatic N) is 2. The largest absolute Gasteiger partial charge is 0.456 e.